The SMILES string of the molecule is Cc1cc(NCc2ccnc(OCC(F)(F)F)c2)n2nc(C(F)(F)F)nc2n1. The first kappa shape index (κ1) is 19.6. The smallest absolute Gasteiger partial charge is 0.453 e. The normalized spacial score (nSPS) is 12.4. The Kier molecular flexibility index (Phi) is 5.00. The van der Waals surface area contributed by atoms with Crippen LogP contribution >= 0.6 is 0 Å². The number of pyridine rings is 1. The third-order valence-electron chi connectivity index (χ3n) is 3.35. The lowest BCUT2D eigenvalue weighted by atomic mass is 10.2. The molecule has 0 saturated carbocycles. The number of hydrogen-bond donors (Lipinski definition) is 1. The van der Waals surface area contributed by atoms with Crippen LogP contribution in [0.2, 0.25) is 0 Å². The molecule has 0 saturated heterocycles. The van der Waals surface area contributed by atoms with Gasteiger partial charge >= 0.3 is 12.4 Å². The number of ether oxygens (including phenoxy) is 1. The number of hydrogen-bond acceptors (Lipinski definition) is 6. The number of nitrogens with zero attached hydrogens (tertiary/aromatic N) is 5. The molecule has 0 bridgehead atoms. The van der Waals surface area contributed by atoms with Gasteiger partial charge in [-0.05, 0) is 18.6 Å². The second-order valence-corrected chi connectivity index (χ2v) is 5.69. The van der Waals surface area contributed by atoms with Crippen LogP contribution in [0, 0.1) is 6.92 Å². The fourth-order valence-corrected chi connectivity index (χ4v) is 2.22. The number of nitrogens with one attached hydrogen (secondary N) is 1. The Hall–Kier alpha value is -3.12. The molecule has 1 N–H and O–H groups in total. The van der Waals surface area contributed by atoms with Crippen molar-refractivity contribution in [3.8, 4) is 5.88 Å². The van der Waals surface area contributed by atoms with Gasteiger partial charge in [-0.3, -0.25) is 0 Å². The number of anilines is 1. The summed E-state index contributed by atoms with van der Waals surface area (Å²) < 4.78 is 80.6. The predicted octanol–water partition coefficient (Wildman–Crippen LogP) is 3.40. The van der Waals surface area contributed by atoms with E-state index in [4.69, 9.17) is 0 Å². The Labute approximate surface area is 153 Å². The molecule has 0 unspecified atom stereocenters. The van der Waals surface area contributed by atoms with Crippen LogP contribution in [-0.4, -0.2) is 37.3 Å². The third-order valence-corrected chi connectivity index (χ3v) is 3.35. The summed E-state index contributed by atoms with van der Waals surface area (Å²) >= 11 is 0. The van der Waals surface area contributed by atoms with Gasteiger partial charge in [0.25, 0.3) is 11.6 Å². The molecule has 0 atom stereocenters. The largest absolute Gasteiger partial charge is 0.468 e. The van der Waals surface area contributed by atoms with E-state index in [1.165, 1.54) is 24.4 Å². The van der Waals surface area contributed by atoms with E-state index in [2.05, 4.69) is 30.1 Å². The first-order valence-electron chi connectivity index (χ1n) is 7.71. The Morgan fingerprint density at radius 2 is 1.86 bits per heavy atom. The number of halogens is 6. The highest BCUT2D eigenvalue weighted by atomic mass is 19.4. The Morgan fingerprint density at radius 3 is 2.54 bits per heavy atom. The maximum Gasteiger partial charge on any atom is 0.453 e. The van der Waals surface area contributed by atoms with Crippen molar-refractivity contribution >= 4 is 11.6 Å². The van der Waals surface area contributed by atoms with Crippen molar-refractivity contribution in [2.75, 3.05) is 11.9 Å². The van der Waals surface area contributed by atoms with E-state index in [-0.39, 0.29) is 24.0 Å². The molecule has 0 fully saturated rings. The molecule has 7 nitrogen and oxygen atoms in total. The van der Waals surface area contributed by atoms with Crippen LogP contribution in [0.1, 0.15) is 17.1 Å². The third kappa shape index (κ3) is 4.78. The molecule has 0 amide bonds. The molecule has 3 aromatic rings. The molecule has 0 spiro atoms. The zero-order valence-corrected chi connectivity index (χ0v) is 14.1. The van der Waals surface area contributed by atoms with Crippen LogP contribution in [0.4, 0.5) is 32.2 Å². The van der Waals surface area contributed by atoms with Crippen LogP contribution in [0.3, 0.4) is 0 Å². The van der Waals surface area contributed by atoms with E-state index in [0.717, 1.165) is 4.52 Å². The minimum atomic E-state index is -4.73. The van der Waals surface area contributed by atoms with Gasteiger partial charge in [-0.1, -0.05) is 0 Å². The van der Waals surface area contributed by atoms with Crippen LogP contribution < -0.4 is 10.1 Å². The number of aryl methyl sites for hydroxylation is 1. The summed E-state index contributed by atoms with van der Waals surface area (Å²) in [6, 6.07) is 4.26. The molecule has 3 rings (SSSR count). The summed E-state index contributed by atoms with van der Waals surface area (Å²) in [5, 5.41) is 6.26. The van der Waals surface area contributed by atoms with Gasteiger partial charge in [0.2, 0.25) is 5.88 Å². The van der Waals surface area contributed by atoms with Gasteiger partial charge in [0, 0.05) is 30.6 Å². The Bertz CT molecular complexity index is 983. The lowest BCUT2D eigenvalue weighted by molar-refractivity contribution is -0.154. The van der Waals surface area contributed by atoms with Gasteiger partial charge in [0.1, 0.15) is 5.82 Å². The minimum absolute atomic E-state index is 0.0602. The van der Waals surface area contributed by atoms with E-state index < -0.39 is 24.8 Å². The van der Waals surface area contributed by atoms with E-state index in [9.17, 15) is 26.3 Å². The Balaban J connectivity index is 1.79. The number of fused-ring (bicyclic) bond motifs is 1. The van der Waals surface area contributed by atoms with E-state index in [1.54, 1.807) is 6.92 Å². The van der Waals surface area contributed by atoms with Gasteiger partial charge in [-0.15, -0.1) is 5.10 Å². The first-order chi connectivity index (χ1) is 13.0. The maximum atomic E-state index is 12.8. The molecular weight excluding hydrogens is 394 g/mol. The van der Waals surface area contributed by atoms with Crippen molar-refractivity contribution in [1.82, 2.24) is 24.6 Å². The Morgan fingerprint density at radius 1 is 1.11 bits per heavy atom. The lowest BCUT2D eigenvalue weighted by Crippen LogP contribution is -2.19. The second-order valence-electron chi connectivity index (χ2n) is 5.69. The molecule has 28 heavy (non-hydrogen) atoms. The fourth-order valence-electron chi connectivity index (χ4n) is 2.22. The summed E-state index contributed by atoms with van der Waals surface area (Å²) in [6.45, 7) is 0.146. The summed E-state index contributed by atoms with van der Waals surface area (Å²) in [4.78, 5) is 10.9. The van der Waals surface area contributed by atoms with Gasteiger partial charge in [-0.2, -0.15) is 35.8 Å². The lowest BCUT2D eigenvalue weighted by Gasteiger charge is -2.11. The summed E-state index contributed by atoms with van der Waals surface area (Å²) in [6.07, 6.45) is -7.97. The molecule has 150 valence electrons. The van der Waals surface area contributed by atoms with E-state index in [1.807, 2.05) is 0 Å². The average Bonchev–Trinajstić information content (AvgIpc) is 3.02. The zero-order valence-electron chi connectivity index (χ0n) is 14.1. The van der Waals surface area contributed by atoms with Gasteiger partial charge < -0.3 is 10.1 Å². The quantitative estimate of drug-likeness (QED) is 0.655. The number of aromatic nitrogens is 5. The zero-order chi connectivity index (χ0) is 20.5. The molecule has 0 aliphatic carbocycles. The summed E-state index contributed by atoms with van der Waals surface area (Å²) in [5.74, 6) is -1.62. The van der Waals surface area contributed by atoms with Gasteiger partial charge in [0.05, 0.1) is 0 Å². The highest BCUT2D eigenvalue weighted by Crippen LogP contribution is 2.27. The van der Waals surface area contributed by atoms with Crippen molar-refractivity contribution in [1.29, 1.82) is 0 Å². The molecule has 3 heterocycles. The van der Waals surface area contributed by atoms with Gasteiger partial charge in [0.15, 0.2) is 6.61 Å². The molecule has 13 heteroatoms. The fraction of sp³-hybridized carbons (Fsp3) is 0.333. The van der Waals surface area contributed by atoms with Crippen molar-refractivity contribution in [3.05, 3.63) is 41.5 Å². The summed E-state index contributed by atoms with van der Waals surface area (Å²) in [7, 11) is 0. The number of rotatable bonds is 5. The monoisotopic (exact) mass is 406 g/mol. The number of alkyl halides is 6. The van der Waals surface area contributed by atoms with Crippen molar-refractivity contribution < 1.29 is 31.1 Å². The highest BCUT2D eigenvalue weighted by Gasteiger charge is 2.36. The molecule has 3 aromatic heterocycles. The molecule has 0 radical (unpaired) electrons. The summed E-state index contributed by atoms with van der Waals surface area (Å²) in [5.41, 5.74) is 0.894. The van der Waals surface area contributed by atoms with Crippen LogP contribution in [0.15, 0.2) is 24.4 Å². The minimum Gasteiger partial charge on any atom is -0.468 e. The molecule has 0 aliphatic rings. The average molecular weight is 406 g/mol. The van der Waals surface area contributed by atoms with Crippen molar-refractivity contribution in [2.24, 2.45) is 0 Å². The predicted molar refractivity (Wildman–Crippen MR) is 83.6 cm³/mol. The van der Waals surface area contributed by atoms with E-state index >= 15 is 0 Å². The first-order valence-corrected chi connectivity index (χ1v) is 7.71. The second kappa shape index (κ2) is 7.13. The van der Waals surface area contributed by atoms with E-state index in [0.29, 0.717) is 11.3 Å². The molecule has 0 aromatic carbocycles. The molecular formula is C15H12F6N6O. The van der Waals surface area contributed by atoms with Crippen LogP contribution in [-0.2, 0) is 12.7 Å². The van der Waals surface area contributed by atoms with Crippen molar-refractivity contribution in [3.63, 3.8) is 0 Å². The standard InChI is InChI=1S/C15H12F6N6O/c1-8-4-10(27-13(24-8)25-12(26-27)15(19,20)21)23-6-9-2-3-22-11(5-9)28-7-14(16,17)18/h2-5,23H,6-7H2,1H3. The maximum absolute atomic E-state index is 12.8. The van der Waals surface area contributed by atoms with Crippen molar-refractivity contribution in [2.45, 2.75) is 25.8 Å². The molecule has 0 aliphatic heterocycles. The van der Waals surface area contributed by atoms with Gasteiger partial charge in [-0.25, -0.2) is 9.97 Å². The topological polar surface area (TPSA) is 77.2 Å². The van der Waals surface area contributed by atoms with Crippen LogP contribution in [0.25, 0.3) is 5.78 Å². The van der Waals surface area contributed by atoms with Crippen LogP contribution in [0.5, 0.6) is 5.88 Å². The highest BCUT2D eigenvalue weighted by molar-refractivity contribution is 5.46.